The summed E-state index contributed by atoms with van der Waals surface area (Å²) in [5.74, 6) is 0. The van der Waals surface area contributed by atoms with Crippen LogP contribution in [0.15, 0.2) is 17.0 Å². The van der Waals surface area contributed by atoms with Gasteiger partial charge in [0.1, 0.15) is 0 Å². The Morgan fingerprint density at radius 3 is 2.76 bits per heavy atom. The van der Waals surface area contributed by atoms with Crippen LogP contribution in [0.2, 0.25) is 0 Å². The highest BCUT2D eigenvalue weighted by Crippen LogP contribution is 2.33. The molecule has 0 fully saturated rings. The molecule has 0 saturated carbocycles. The van der Waals surface area contributed by atoms with Crippen molar-refractivity contribution in [2.75, 3.05) is 18.9 Å². The van der Waals surface area contributed by atoms with Gasteiger partial charge in [-0.3, -0.25) is 0 Å². The lowest BCUT2D eigenvalue weighted by atomic mass is 10.00. The Kier molecular flexibility index (Phi) is 4.94. The van der Waals surface area contributed by atoms with Gasteiger partial charge in [-0.1, -0.05) is 19.4 Å². The number of aryl methyl sites for hydroxylation is 1. The standard InChI is InChI=1S/C16H26N2O2S/c1-5-7-13(3)18(4)21(19,20)15-10-9-12(2)16-14(15)8-6-11-17-16/h9-10,13,17H,5-8,11H2,1-4H3. The maximum atomic E-state index is 12.9. The molecule has 0 bridgehead atoms. The van der Waals surface area contributed by atoms with E-state index >= 15 is 0 Å². The second-order valence-electron chi connectivity index (χ2n) is 5.92. The Bertz CT molecular complexity index is 611. The first-order valence-electron chi connectivity index (χ1n) is 7.74. The lowest BCUT2D eigenvalue weighted by Gasteiger charge is -2.28. The molecule has 0 radical (unpaired) electrons. The fraction of sp³-hybridized carbons (Fsp3) is 0.625. The summed E-state index contributed by atoms with van der Waals surface area (Å²) in [5, 5.41) is 3.35. The van der Waals surface area contributed by atoms with Crippen molar-refractivity contribution in [3.05, 3.63) is 23.3 Å². The molecular weight excluding hydrogens is 284 g/mol. The van der Waals surface area contributed by atoms with Gasteiger partial charge in [0.15, 0.2) is 0 Å². The van der Waals surface area contributed by atoms with E-state index in [4.69, 9.17) is 0 Å². The highest BCUT2D eigenvalue weighted by atomic mass is 32.2. The quantitative estimate of drug-likeness (QED) is 0.909. The van der Waals surface area contributed by atoms with Crippen LogP contribution in [0, 0.1) is 6.92 Å². The molecule has 5 heteroatoms. The molecule has 0 aliphatic carbocycles. The van der Waals surface area contributed by atoms with E-state index in [1.807, 2.05) is 19.9 Å². The van der Waals surface area contributed by atoms with Crippen LogP contribution in [0.4, 0.5) is 5.69 Å². The van der Waals surface area contributed by atoms with E-state index in [9.17, 15) is 8.42 Å². The summed E-state index contributed by atoms with van der Waals surface area (Å²) in [6, 6.07) is 3.70. The molecule has 118 valence electrons. The van der Waals surface area contributed by atoms with E-state index in [2.05, 4.69) is 12.2 Å². The summed E-state index contributed by atoms with van der Waals surface area (Å²) in [4.78, 5) is 0.473. The lowest BCUT2D eigenvalue weighted by Crippen LogP contribution is -2.36. The lowest BCUT2D eigenvalue weighted by molar-refractivity contribution is 0.368. The third kappa shape index (κ3) is 3.09. The van der Waals surface area contributed by atoms with Crippen molar-refractivity contribution in [2.24, 2.45) is 0 Å². The van der Waals surface area contributed by atoms with Crippen molar-refractivity contribution in [1.29, 1.82) is 0 Å². The summed E-state index contributed by atoms with van der Waals surface area (Å²) < 4.78 is 27.4. The van der Waals surface area contributed by atoms with E-state index in [1.54, 1.807) is 13.1 Å². The van der Waals surface area contributed by atoms with Crippen LogP contribution in [0.3, 0.4) is 0 Å². The van der Waals surface area contributed by atoms with Gasteiger partial charge in [0, 0.05) is 25.3 Å². The summed E-state index contributed by atoms with van der Waals surface area (Å²) >= 11 is 0. The van der Waals surface area contributed by atoms with Gasteiger partial charge in [-0.25, -0.2) is 8.42 Å². The van der Waals surface area contributed by atoms with E-state index in [0.29, 0.717) is 4.90 Å². The Hall–Kier alpha value is -1.07. The third-order valence-electron chi connectivity index (χ3n) is 4.37. The third-order valence-corrected chi connectivity index (χ3v) is 6.42. The number of hydrogen-bond acceptors (Lipinski definition) is 3. The summed E-state index contributed by atoms with van der Waals surface area (Å²) in [6.07, 6.45) is 3.67. The average Bonchev–Trinajstić information content (AvgIpc) is 2.47. The van der Waals surface area contributed by atoms with Crippen LogP contribution in [-0.2, 0) is 16.4 Å². The molecule has 1 atom stereocenters. The Morgan fingerprint density at radius 1 is 1.38 bits per heavy atom. The molecule has 1 aliphatic rings. The molecule has 0 amide bonds. The molecular formula is C16H26N2O2S. The summed E-state index contributed by atoms with van der Waals surface area (Å²) in [5.41, 5.74) is 3.09. The predicted octanol–water partition coefficient (Wildman–Crippen LogP) is 3.16. The van der Waals surface area contributed by atoms with Crippen molar-refractivity contribution < 1.29 is 8.42 Å². The van der Waals surface area contributed by atoms with Crippen LogP contribution in [-0.4, -0.2) is 32.4 Å². The van der Waals surface area contributed by atoms with Crippen LogP contribution >= 0.6 is 0 Å². The van der Waals surface area contributed by atoms with Gasteiger partial charge in [-0.15, -0.1) is 0 Å². The fourth-order valence-electron chi connectivity index (χ4n) is 2.95. The summed E-state index contributed by atoms with van der Waals surface area (Å²) in [7, 11) is -1.73. The van der Waals surface area contributed by atoms with E-state index in [-0.39, 0.29) is 6.04 Å². The molecule has 0 aromatic heterocycles. The predicted molar refractivity (Wildman–Crippen MR) is 87.3 cm³/mol. The first-order chi connectivity index (χ1) is 9.89. The number of nitrogens with zero attached hydrogens (tertiary/aromatic N) is 1. The molecule has 1 aromatic carbocycles. The molecule has 1 heterocycles. The SMILES string of the molecule is CCCC(C)N(C)S(=O)(=O)c1ccc(C)c2c1CCCN2. The average molecular weight is 310 g/mol. The van der Waals surface area contributed by atoms with Crippen molar-refractivity contribution in [3.8, 4) is 0 Å². The maximum absolute atomic E-state index is 12.9. The largest absolute Gasteiger partial charge is 0.385 e. The number of anilines is 1. The van der Waals surface area contributed by atoms with Gasteiger partial charge in [0.2, 0.25) is 10.0 Å². The molecule has 1 N–H and O–H groups in total. The molecule has 1 aliphatic heterocycles. The Labute approximate surface area is 128 Å². The molecule has 1 aromatic rings. The molecule has 0 saturated heterocycles. The molecule has 1 unspecified atom stereocenters. The second kappa shape index (κ2) is 6.36. The molecule has 21 heavy (non-hydrogen) atoms. The minimum atomic E-state index is -3.43. The number of nitrogens with one attached hydrogen (secondary N) is 1. The molecule has 4 nitrogen and oxygen atoms in total. The van der Waals surface area contributed by atoms with Crippen molar-refractivity contribution in [1.82, 2.24) is 4.31 Å². The Morgan fingerprint density at radius 2 is 2.10 bits per heavy atom. The minimum Gasteiger partial charge on any atom is -0.385 e. The van der Waals surface area contributed by atoms with Crippen LogP contribution in [0.5, 0.6) is 0 Å². The number of fused-ring (bicyclic) bond motifs is 1. The zero-order chi connectivity index (χ0) is 15.6. The van der Waals surface area contributed by atoms with Crippen molar-refractivity contribution >= 4 is 15.7 Å². The van der Waals surface area contributed by atoms with Gasteiger partial charge in [0.05, 0.1) is 4.90 Å². The second-order valence-corrected chi connectivity index (χ2v) is 7.89. The van der Waals surface area contributed by atoms with Crippen LogP contribution < -0.4 is 5.32 Å². The maximum Gasteiger partial charge on any atom is 0.243 e. The first kappa shape index (κ1) is 16.3. The van der Waals surface area contributed by atoms with E-state index < -0.39 is 10.0 Å². The fourth-order valence-corrected chi connectivity index (χ4v) is 4.60. The van der Waals surface area contributed by atoms with Crippen LogP contribution in [0.25, 0.3) is 0 Å². The van der Waals surface area contributed by atoms with Crippen LogP contribution in [0.1, 0.15) is 44.2 Å². The van der Waals surface area contributed by atoms with Gasteiger partial charge in [-0.05, 0) is 50.3 Å². The zero-order valence-electron chi connectivity index (χ0n) is 13.4. The molecule has 0 spiro atoms. The number of benzene rings is 1. The van der Waals surface area contributed by atoms with Gasteiger partial charge in [-0.2, -0.15) is 4.31 Å². The van der Waals surface area contributed by atoms with Crippen molar-refractivity contribution in [2.45, 2.75) is 57.4 Å². The monoisotopic (exact) mass is 310 g/mol. The number of rotatable bonds is 5. The highest BCUT2D eigenvalue weighted by molar-refractivity contribution is 7.89. The number of sulfonamides is 1. The highest BCUT2D eigenvalue weighted by Gasteiger charge is 2.29. The topological polar surface area (TPSA) is 49.4 Å². The minimum absolute atomic E-state index is 0.0218. The van der Waals surface area contributed by atoms with Gasteiger partial charge >= 0.3 is 0 Å². The summed E-state index contributed by atoms with van der Waals surface area (Å²) in [6.45, 7) is 6.99. The normalized spacial score (nSPS) is 16.4. The van der Waals surface area contributed by atoms with Crippen molar-refractivity contribution in [3.63, 3.8) is 0 Å². The Balaban J connectivity index is 2.46. The van der Waals surface area contributed by atoms with E-state index in [0.717, 1.165) is 49.0 Å². The zero-order valence-corrected chi connectivity index (χ0v) is 14.3. The number of hydrogen-bond donors (Lipinski definition) is 1. The smallest absolute Gasteiger partial charge is 0.243 e. The molecule has 2 rings (SSSR count). The van der Waals surface area contributed by atoms with E-state index in [1.165, 1.54) is 4.31 Å². The van der Waals surface area contributed by atoms with Gasteiger partial charge in [0.25, 0.3) is 0 Å². The van der Waals surface area contributed by atoms with Gasteiger partial charge < -0.3 is 5.32 Å². The first-order valence-corrected chi connectivity index (χ1v) is 9.18.